The van der Waals surface area contributed by atoms with E-state index in [1.54, 1.807) is 4.90 Å². The molecule has 9 nitrogen and oxygen atoms in total. The molecular formula is C30H39F3N4O5. The quantitative estimate of drug-likeness (QED) is 0.417. The van der Waals surface area contributed by atoms with Crippen molar-refractivity contribution in [3.05, 3.63) is 24.3 Å². The number of piperidine rings is 1. The van der Waals surface area contributed by atoms with Crippen LogP contribution in [0.3, 0.4) is 0 Å². The molecule has 2 amide bonds. The number of ketones is 1. The summed E-state index contributed by atoms with van der Waals surface area (Å²) in [6.07, 6.45) is 2.50. The van der Waals surface area contributed by atoms with Crippen LogP contribution in [0.25, 0.3) is 0 Å². The van der Waals surface area contributed by atoms with Gasteiger partial charge in [0, 0.05) is 18.0 Å². The second kappa shape index (κ2) is 12.9. The smallest absolute Gasteiger partial charge is 0.484 e. The highest BCUT2D eigenvalue weighted by Crippen LogP contribution is 2.46. The Balaban J connectivity index is 1.36. The highest BCUT2D eigenvalue weighted by atomic mass is 19.4. The molecule has 0 radical (unpaired) electrons. The molecular weight excluding hydrogens is 553 g/mol. The molecule has 2 heterocycles. The van der Waals surface area contributed by atoms with E-state index in [9.17, 15) is 32.8 Å². The van der Waals surface area contributed by atoms with Gasteiger partial charge < -0.3 is 19.7 Å². The summed E-state index contributed by atoms with van der Waals surface area (Å²) < 4.78 is 46.7. The number of hydrogen-bond acceptors (Lipinski definition) is 7. The van der Waals surface area contributed by atoms with E-state index in [1.807, 2.05) is 13.8 Å². The fourth-order valence-corrected chi connectivity index (χ4v) is 6.43. The molecule has 1 spiro atoms. The third-order valence-electron chi connectivity index (χ3n) is 8.68. The lowest BCUT2D eigenvalue weighted by molar-refractivity contribution is -0.274. The molecule has 0 aromatic heterocycles. The first-order valence-corrected chi connectivity index (χ1v) is 14.5. The van der Waals surface area contributed by atoms with Crippen LogP contribution in [0.5, 0.6) is 11.5 Å². The normalized spacial score (nSPS) is 24.0. The van der Waals surface area contributed by atoms with Gasteiger partial charge in [0.05, 0.1) is 24.7 Å². The van der Waals surface area contributed by atoms with Gasteiger partial charge in [-0.25, -0.2) is 0 Å². The molecule has 0 unspecified atom stereocenters. The van der Waals surface area contributed by atoms with Crippen LogP contribution in [0, 0.1) is 22.7 Å². The standard InChI is InChI=1S/C30H39F3N4O5/c1-28(2)13-10-20(27(40)36-28)14-21(16-34)35-17-25(38)24-15-29(11-4-3-5-12-29)19-37(24)26(39)18-41-22-6-8-23(9-7-22)42-30(31,32)33/h6-9,20-21,24,35H,3-5,10-15,17-19H2,1-2H3,(H,36,40)/t20-,21-,24-/m0/s1. The maximum Gasteiger partial charge on any atom is 0.573 e. The zero-order valence-corrected chi connectivity index (χ0v) is 24.1. The zero-order valence-electron chi connectivity index (χ0n) is 24.1. The van der Waals surface area contributed by atoms with Gasteiger partial charge in [0.25, 0.3) is 5.91 Å². The summed E-state index contributed by atoms with van der Waals surface area (Å²) in [7, 11) is 0. The minimum atomic E-state index is -4.81. The van der Waals surface area contributed by atoms with Crippen LogP contribution in [0.2, 0.25) is 0 Å². The number of carbonyl (C=O) groups excluding carboxylic acids is 3. The molecule has 4 rings (SSSR count). The lowest BCUT2D eigenvalue weighted by Crippen LogP contribution is -2.52. The number of nitrogens with one attached hydrogen (secondary N) is 2. The van der Waals surface area contributed by atoms with Crippen molar-refractivity contribution in [1.82, 2.24) is 15.5 Å². The zero-order chi connectivity index (χ0) is 30.5. The number of nitrogens with zero attached hydrogens (tertiary/aromatic N) is 2. The second-order valence-electron chi connectivity index (χ2n) is 12.5. The minimum absolute atomic E-state index is 0.0889. The van der Waals surface area contributed by atoms with E-state index in [0.29, 0.717) is 25.8 Å². The van der Waals surface area contributed by atoms with Crippen LogP contribution in [0.4, 0.5) is 13.2 Å². The van der Waals surface area contributed by atoms with Gasteiger partial charge in [-0.1, -0.05) is 19.3 Å². The lowest BCUT2D eigenvalue weighted by atomic mass is 9.72. The number of benzene rings is 1. The Morgan fingerprint density at radius 1 is 1.14 bits per heavy atom. The summed E-state index contributed by atoms with van der Waals surface area (Å²) in [5.41, 5.74) is -0.423. The van der Waals surface area contributed by atoms with E-state index in [-0.39, 0.29) is 53.4 Å². The number of rotatable bonds is 10. The van der Waals surface area contributed by atoms with Crippen molar-refractivity contribution in [2.45, 2.75) is 95.6 Å². The van der Waals surface area contributed by atoms with Crippen LogP contribution in [-0.2, 0) is 14.4 Å². The molecule has 1 aromatic rings. The van der Waals surface area contributed by atoms with Gasteiger partial charge in [-0.3, -0.25) is 19.7 Å². The summed E-state index contributed by atoms with van der Waals surface area (Å²) in [4.78, 5) is 40.9. The summed E-state index contributed by atoms with van der Waals surface area (Å²) in [5.74, 6) is -1.19. The van der Waals surface area contributed by atoms with Crippen molar-refractivity contribution in [2.75, 3.05) is 19.7 Å². The van der Waals surface area contributed by atoms with Crippen LogP contribution in [-0.4, -0.2) is 66.2 Å². The second-order valence-corrected chi connectivity index (χ2v) is 12.5. The SMILES string of the molecule is CC1(C)CC[C@@H](C[C@@H](C#N)NCC(=O)[C@@H]2CC3(CCCCC3)CN2C(=O)COc2ccc(OC(F)(F)F)cc2)C(=O)N1. The fourth-order valence-electron chi connectivity index (χ4n) is 6.43. The Bertz CT molecular complexity index is 1170. The molecule has 3 atom stereocenters. The maximum absolute atomic E-state index is 13.5. The third kappa shape index (κ3) is 8.37. The summed E-state index contributed by atoms with van der Waals surface area (Å²) in [6, 6.07) is 5.57. The van der Waals surface area contributed by atoms with Crippen molar-refractivity contribution in [1.29, 1.82) is 5.26 Å². The van der Waals surface area contributed by atoms with Gasteiger partial charge in [-0.15, -0.1) is 13.2 Å². The number of Topliss-reactive ketones (excluding diaryl/α,β-unsaturated/α-hetero) is 1. The van der Waals surface area contributed by atoms with E-state index in [0.717, 1.165) is 50.7 Å². The van der Waals surface area contributed by atoms with Gasteiger partial charge >= 0.3 is 6.36 Å². The Kier molecular flexibility index (Phi) is 9.70. The van der Waals surface area contributed by atoms with Gasteiger partial charge in [-0.05, 0) is 82.1 Å². The largest absolute Gasteiger partial charge is 0.573 e. The van der Waals surface area contributed by atoms with Gasteiger partial charge in [0.15, 0.2) is 12.4 Å². The maximum atomic E-state index is 13.5. The van der Waals surface area contributed by atoms with Crippen LogP contribution >= 0.6 is 0 Å². The number of amides is 2. The number of alkyl halides is 3. The Morgan fingerprint density at radius 2 is 1.81 bits per heavy atom. The molecule has 1 aromatic carbocycles. The first kappa shape index (κ1) is 31.6. The number of halogens is 3. The van der Waals surface area contributed by atoms with Crippen molar-refractivity contribution in [2.24, 2.45) is 11.3 Å². The molecule has 2 N–H and O–H groups in total. The molecule has 0 bridgehead atoms. The molecule has 1 saturated carbocycles. The molecule has 3 aliphatic rings. The van der Waals surface area contributed by atoms with E-state index in [4.69, 9.17) is 4.74 Å². The number of hydrogen-bond donors (Lipinski definition) is 2. The first-order valence-electron chi connectivity index (χ1n) is 14.5. The van der Waals surface area contributed by atoms with E-state index in [1.165, 1.54) is 12.1 Å². The van der Waals surface area contributed by atoms with E-state index in [2.05, 4.69) is 21.4 Å². The Hall–Kier alpha value is -3.33. The third-order valence-corrected chi connectivity index (χ3v) is 8.68. The van der Waals surface area contributed by atoms with Gasteiger partial charge in [-0.2, -0.15) is 5.26 Å². The molecule has 3 fully saturated rings. The highest BCUT2D eigenvalue weighted by molar-refractivity contribution is 5.91. The average molecular weight is 593 g/mol. The van der Waals surface area contributed by atoms with Crippen molar-refractivity contribution < 1.29 is 37.0 Å². The summed E-state index contributed by atoms with van der Waals surface area (Å²) in [5, 5.41) is 15.7. The summed E-state index contributed by atoms with van der Waals surface area (Å²) in [6.45, 7) is 3.87. The van der Waals surface area contributed by atoms with Crippen LogP contribution in [0.1, 0.15) is 71.6 Å². The first-order chi connectivity index (χ1) is 19.8. The molecule has 230 valence electrons. The topological polar surface area (TPSA) is 121 Å². The van der Waals surface area contributed by atoms with Gasteiger partial charge in [0.2, 0.25) is 5.91 Å². The monoisotopic (exact) mass is 592 g/mol. The molecule has 2 saturated heterocycles. The number of nitriles is 1. The lowest BCUT2D eigenvalue weighted by Gasteiger charge is -2.35. The molecule has 12 heteroatoms. The minimum Gasteiger partial charge on any atom is -0.484 e. The number of carbonyl (C=O) groups is 3. The van der Waals surface area contributed by atoms with Crippen molar-refractivity contribution in [3.8, 4) is 17.6 Å². The Morgan fingerprint density at radius 3 is 2.43 bits per heavy atom. The van der Waals surface area contributed by atoms with Crippen LogP contribution < -0.4 is 20.1 Å². The van der Waals surface area contributed by atoms with E-state index < -0.39 is 24.2 Å². The summed E-state index contributed by atoms with van der Waals surface area (Å²) >= 11 is 0. The van der Waals surface area contributed by atoms with Crippen molar-refractivity contribution >= 4 is 17.6 Å². The van der Waals surface area contributed by atoms with Crippen molar-refractivity contribution in [3.63, 3.8) is 0 Å². The highest BCUT2D eigenvalue weighted by Gasteiger charge is 2.48. The predicted molar refractivity (Wildman–Crippen MR) is 146 cm³/mol. The Labute approximate surface area is 244 Å². The molecule has 42 heavy (non-hydrogen) atoms. The molecule has 1 aliphatic carbocycles. The average Bonchev–Trinajstić information content (AvgIpc) is 3.29. The molecule has 2 aliphatic heterocycles. The van der Waals surface area contributed by atoms with Crippen LogP contribution in [0.15, 0.2) is 24.3 Å². The number of likely N-dealkylation sites (tertiary alicyclic amines) is 1. The number of ether oxygens (including phenoxy) is 2. The van der Waals surface area contributed by atoms with Gasteiger partial charge in [0.1, 0.15) is 11.5 Å². The fraction of sp³-hybridized carbons (Fsp3) is 0.667. The predicted octanol–water partition coefficient (Wildman–Crippen LogP) is 4.26. The van der Waals surface area contributed by atoms with E-state index >= 15 is 0 Å².